The first-order valence-corrected chi connectivity index (χ1v) is 13.5. The maximum absolute atomic E-state index is 13.7. The number of methoxy groups -OCH3 is 1. The van der Waals surface area contributed by atoms with E-state index in [0.717, 1.165) is 34.3 Å². The van der Waals surface area contributed by atoms with Crippen LogP contribution in [-0.4, -0.2) is 53.1 Å². The van der Waals surface area contributed by atoms with Gasteiger partial charge in [-0.05, 0) is 37.0 Å². The van der Waals surface area contributed by atoms with E-state index >= 15 is 0 Å². The van der Waals surface area contributed by atoms with E-state index in [2.05, 4.69) is 13.5 Å². The number of hydrogen-bond acceptors (Lipinski definition) is 4. The van der Waals surface area contributed by atoms with Crippen LogP contribution in [0.2, 0.25) is 0 Å². The van der Waals surface area contributed by atoms with Gasteiger partial charge in [0, 0.05) is 5.56 Å². The molecule has 1 fully saturated rings. The molecule has 8 nitrogen and oxygen atoms in total. The van der Waals surface area contributed by atoms with Gasteiger partial charge in [0.15, 0.2) is 5.78 Å². The van der Waals surface area contributed by atoms with E-state index in [9.17, 15) is 14.7 Å². The number of Topliss-reactive ketones (excluding diaryl/α,β-unsaturated/α-hetero) is 1. The number of aromatic nitrogens is 3. The monoisotopic (exact) mass is 558 g/mol. The predicted octanol–water partition coefficient (Wildman–Crippen LogP) is 1.23. The van der Waals surface area contributed by atoms with E-state index in [1.807, 2.05) is 39.0 Å². The molecular weight excluding hydrogens is 529 g/mol. The van der Waals surface area contributed by atoms with Crippen LogP contribution in [-0.2, 0) is 16.0 Å². The molecule has 3 aromatic heterocycles. The van der Waals surface area contributed by atoms with Crippen molar-refractivity contribution < 1.29 is 19.4 Å². The van der Waals surface area contributed by atoms with Gasteiger partial charge in [0.05, 0.1) is 13.4 Å². The number of hydrogen-bond donors (Lipinski definition) is 1. The Kier molecular flexibility index (Phi) is 7.46. The molecule has 6 rings (SSSR count). The summed E-state index contributed by atoms with van der Waals surface area (Å²) in [4.78, 5) is 41.3. The predicted molar refractivity (Wildman–Crippen MR) is 159 cm³/mol. The van der Waals surface area contributed by atoms with Crippen LogP contribution in [0.15, 0.2) is 12.3 Å². The van der Waals surface area contributed by atoms with Gasteiger partial charge in [-0.3, -0.25) is 9.59 Å². The molecule has 3 aromatic rings. The van der Waals surface area contributed by atoms with Crippen molar-refractivity contribution in [1.29, 1.82) is 0 Å². The quantitative estimate of drug-likeness (QED) is 0.292. The minimum atomic E-state index is -1.06. The summed E-state index contributed by atoms with van der Waals surface area (Å²) in [5.74, 6) is -1.89. The number of rotatable bonds is 3. The number of aliphatic hydroxyl groups is 1. The van der Waals surface area contributed by atoms with Crippen molar-refractivity contribution in [3.05, 3.63) is 83.8 Å². The first-order valence-electron chi connectivity index (χ1n) is 13.5. The fraction of sp³-hybridized carbons (Fsp3) is 0.312. The van der Waals surface area contributed by atoms with Crippen molar-refractivity contribution in [2.75, 3.05) is 7.11 Å². The second kappa shape index (κ2) is 10.6. The van der Waals surface area contributed by atoms with Gasteiger partial charge in [-0.1, -0.05) is 79.5 Å². The van der Waals surface area contributed by atoms with Crippen LogP contribution in [0.25, 0.3) is 41.5 Å². The molecule has 0 saturated carbocycles. The first-order chi connectivity index (χ1) is 19.2. The number of ether oxygens (including phenoxy) is 1. The van der Waals surface area contributed by atoms with Gasteiger partial charge in [-0.25, -0.2) is 0 Å². The van der Waals surface area contributed by atoms with Gasteiger partial charge in [0.25, 0.3) is 0 Å². The summed E-state index contributed by atoms with van der Waals surface area (Å²) in [5.41, 5.74) is 7.42. The van der Waals surface area contributed by atoms with Crippen LogP contribution in [0.1, 0.15) is 70.0 Å². The van der Waals surface area contributed by atoms with Gasteiger partial charge in [0.1, 0.15) is 5.92 Å². The third kappa shape index (κ3) is 4.25. The largest absolute Gasteiger partial charge is 2.00 e. The van der Waals surface area contributed by atoms with E-state index in [1.165, 1.54) is 7.11 Å². The maximum Gasteiger partial charge on any atom is 2.00 e. The average Bonchev–Trinajstić information content (AvgIpc) is 3.69. The molecule has 0 radical (unpaired) electrons. The van der Waals surface area contributed by atoms with E-state index in [1.54, 1.807) is 6.08 Å². The summed E-state index contributed by atoms with van der Waals surface area (Å²) < 4.78 is 5.07. The Morgan fingerprint density at radius 2 is 1.83 bits per heavy atom. The minimum absolute atomic E-state index is 0. The molecule has 1 aliphatic carbocycles. The molecule has 3 aliphatic rings. The maximum atomic E-state index is 13.7. The van der Waals surface area contributed by atoms with Gasteiger partial charge < -0.3 is 30.1 Å². The van der Waals surface area contributed by atoms with Crippen molar-refractivity contribution in [3.63, 3.8) is 0 Å². The summed E-state index contributed by atoms with van der Waals surface area (Å²) >= 11 is 0. The minimum Gasteiger partial charge on any atom is -0.682 e. The molecule has 41 heavy (non-hydrogen) atoms. The Balaban J connectivity index is 0.00000337. The van der Waals surface area contributed by atoms with Crippen molar-refractivity contribution in [3.8, 4) is 0 Å². The Bertz CT molecular complexity index is 1900. The third-order valence-electron chi connectivity index (χ3n) is 8.48. The normalized spacial score (nSPS) is 24.0. The molecule has 0 spiro atoms. The third-order valence-corrected chi connectivity index (χ3v) is 8.48. The number of aliphatic hydroxyl groups excluding tert-OH is 1. The fourth-order valence-corrected chi connectivity index (χ4v) is 6.34. The summed E-state index contributed by atoms with van der Waals surface area (Å²) in [6, 6.07) is -0.392. The number of allylic oxidation sites excluding steroid dienone is 1. The number of carbonyl (C=O) groups excluding carboxylic acids is 2. The van der Waals surface area contributed by atoms with Gasteiger partial charge in [-0.15, -0.1) is 33.1 Å². The van der Waals surface area contributed by atoms with Crippen LogP contribution in [0.3, 0.4) is 0 Å². The molecule has 3 atom stereocenters. The molecule has 2 aliphatic heterocycles. The Labute approximate surface area is 253 Å². The SMILES string of the molecule is C=Cc1c2[n-]c(c1C)/C=C1/[N-]C(C[C@@H]1C)C1=c3[n-]/c(c(C)c3C(=O)[C@@H]1C(=O)OC)=C\c1[n-]c(/c(=C\O)c1CC)=C\2.[Mg+2]. The van der Waals surface area contributed by atoms with E-state index in [4.69, 9.17) is 25.0 Å². The molecule has 9 heteroatoms. The number of carbonyl (C=O) groups is 2. The molecule has 1 saturated heterocycles. The second-order valence-corrected chi connectivity index (χ2v) is 10.6. The van der Waals surface area contributed by atoms with Gasteiger partial charge in [-0.2, -0.15) is 5.70 Å². The summed E-state index contributed by atoms with van der Waals surface area (Å²) in [7, 11) is 1.30. The molecule has 1 N–H and O–H groups in total. The van der Waals surface area contributed by atoms with Crippen LogP contribution in [0.5, 0.6) is 0 Å². The van der Waals surface area contributed by atoms with Gasteiger partial charge in [0.2, 0.25) is 0 Å². The van der Waals surface area contributed by atoms with Crippen LogP contribution in [0.4, 0.5) is 0 Å². The van der Waals surface area contributed by atoms with Crippen molar-refractivity contribution in [1.82, 2.24) is 15.0 Å². The Morgan fingerprint density at radius 1 is 1.10 bits per heavy atom. The zero-order valence-corrected chi connectivity index (χ0v) is 25.3. The number of fused-ring (bicyclic) bond motifs is 8. The average molecular weight is 559 g/mol. The van der Waals surface area contributed by atoms with E-state index in [0.29, 0.717) is 62.2 Å². The van der Waals surface area contributed by atoms with E-state index in [-0.39, 0.29) is 34.8 Å². The van der Waals surface area contributed by atoms with Crippen molar-refractivity contribution in [2.24, 2.45) is 11.8 Å². The molecule has 0 amide bonds. The van der Waals surface area contributed by atoms with Crippen molar-refractivity contribution in [2.45, 2.75) is 46.6 Å². The summed E-state index contributed by atoms with van der Waals surface area (Å²) in [5, 5.41) is 17.6. The molecule has 206 valence electrons. The van der Waals surface area contributed by atoms with Crippen LogP contribution < -0.4 is 36.2 Å². The van der Waals surface area contributed by atoms with E-state index < -0.39 is 17.9 Å². The van der Waals surface area contributed by atoms with Gasteiger partial charge >= 0.3 is 29.0 Å². The molecule has 0 aromatic carbocycles. The zero-order chi connectivity index (χ0) is 28.5. The first kappa shape index (κ1) is 28.8. The Hall–Kier alpha value is -3.69. The topological polar surface area (TPSA) is 120 Å². The second-order valence-electron chi connectivity index (χ2n) is 10.6. The zero-order valence-electron chi connectivity index (χ0n) is 23.9. The van der Waals surface area contributed by atoms with Crippen LogP contribution in [0, 0.1) is 25.7 Å². The number of esters is 1. The summed E-state index contributed by atoms with van der Waals surface area (Å²) in [6.07, 6.45) is 9.82. The van der Waals surface area contributed by atoms with Crippen LogP contribution >= 0.6 is 0 Å². The Morgan fingerprint density at radius 3 is 2.49 bits per heavy atom. The fourth-order valence-electron chi connectivity index (χ4n) is 6.34. The number of nitrogens with zero attached hydrogens (tertiary/aromatic N) is 4. The number of ketones is 1. The molecule has 5 heterocycles. The standard InChI is InChI=1S/C32H30N4O4.Mg/c1-7-17-15(4)21-10-20-14(3)9-26(33-20)28-29(32(39)40-6)31(38)27-16(5)22(36-30(27)28)11-24-18(8-2)19(13-37)25(35-24)12-23(17)34-21;/h7,10-14,26,29H,1,8-9H2,2-6H3,(H,37,38);/q-4;+2/b20-10+,25-12-;/t14-,26?,29+;/m0./s1. The van der Waals surface area contributed by atoms with Crippen molar-refractivity contribution >= 4 is 70.9 Å². The molecular formula is C32H30MgN4O4-2. The smallest absolute Gasteiger partial charge is 0.682 e. The summed E-state index contributed by atoms with van der Waals surface area (Å²) in [6.45, 7) is 11.9. The molecule has 8 bridgehead atoms. The molecule has 1 unspecified atom stereocenters.